The van der Waals surface area contributed by atoms with Crippen molar-refractivity contribution >= 4 is 17.7 Å². The van der Waals surface area contributed by atoms with Crippen LogP contribution in [0.3, 0.4) is 0 Å². The summed E-state index contributed by atoms with van der Waals surface area (Å²) in [6, 6.07) is 6.34. The highest BCUT2D eigenvalue weighted by atomic mass is 32.2. The molecule has 1 atom stereocenters. The molecule has 0 saturated heterocycles. The Morgan fingerprint density at radius 3 is 2.43 bits per heavy atom. The molecule has 4 aliphatic rings. The average Bonchev–Trinajstić information content (AvgIpc) is 3.16. The molecule has 4 bridgehead atoms. The van der Waals surface area contributed by atoms with E-state index in [0.29, 0.717) is 22.3 Å². The highest BCUT2D eigenvalue weighted by molar-refractivity contribution is 7.99. The van der Waals surface area contributed by atoms with Gasteiger partial charge in [0.05, 0.1) is 5.75 Å². The Hall–Kier alpha value is -1.82. The molecule has 0 unspecified atom stereocenters. The van der Waals surface area contributed by atoms with E-state index in [0.717, 1.165) is 23.3 Å². The minimum atomic E-state index is 0.0641. The summed E-state index contributed by atoms with van der Waals surface area (Å²) in [6.45, 7) is 6.37. The second-order valence-corrected chi connectivity index (χ2v) is 11.0. The monoisotopic (exact) mass is 425 g/mol. The summed E-state index contributed by atoms with van der Waals surface area (Å²) in [5.74, 6) is 3.56. The molecule has 30 heavy (non-hydrogen) atoms. The van der Waals surface area contributed by atoms with Crippen molar-refractivity contribution < 1.29 is 9.21 Å². The lowest BCUT2D eigenvalue weighted by atomic mass is 9.48. The Bertz CT molecular complexity index is 918. The van der Waals surface area contributed by atoms with E-state index in [1.807, 2.05) is 6.07 Å². The van der Waals surface area contributed by atoms with E-state index in [1.165, 1.54) is 61.4 Å². The zero-order valence-electron chi connectivity index (χ0n) is 18.1. The molecule has 1 aromatic heterocycles. The third-order valence-electron chi connectivity index (χ3n) is 7.87. The Balaban J connectivity index is 1.17. The molecule has 0 aliphatic heterocycles. The standard InChI is InChI=1S/C24H31N3O2S/c1-14-4-5-20(6-15(14)2)22-26-27-23(29-22)30-13-21(28)25-16(3)24-10-17-7-18(11-24)9-19(8-17)12-24/h4-6,16-19H,7-13H2,1-3H3,(H,25,28)/t16-,17?,18?,19?,24?/m0/s1. The molecule has 2 aromatic rings. The predicted octanol–water partition coefficient (Wildman–Crippen LogP) is 5.17. The van der Waals surface area contributed by atoms with Crippen LogP contribution in [0.2, 0.25) is 0 Å². The summed E-state index contributed by atoms with van der Waals surface area (Å²) in [6.07, 6.45) is 8.19. The van der Waals surface area contributed by atoms with Crippen LogP contribution in [0.25, 0.3) is 11.5 Å². The number of benzene rings is 1. The van der Waals surface area contributed by atoms with Gasteiger partial charge in [0.2, 0.25) is 11.8 Å². The van der Waals surface area contributed by atoms with E-state index in [-0.39, 0.29) is 11.9 Å². The maximum absolute atomic E-state index is 12.7. The van der Waals surface area contributed by atoms with Gasteiger partial charge in [0.25, 0.3) is 5.22 Å². The van der Waals surface area contributed by atoms with Crippen LogP contribution in [-0.2, 0) is 4.79 Å². The number of carbonyl (C=O) groups is 1. The molecular weight excluding hydrogens is 394 g/mol. The fourth-order valence-electron chi connectivity index (χ4n) is 6.53. The third-order valence-corrected chi connectivity index (χ3v) is 8.69. The number of carbonyl (C=O) groups excluding carboxylic acids is 1. The molecule has 160 valence electrons. The van der Waals surface area contributed by atoms with Gasteiger partial charge in [-0.1, -0.05) is 17.8 Å². The van der Waals surface area contributed by atoms with Crippen molar-refractivity contribution in [3.63, 3.8) is 0 Å². The lowest BCUT2D eigenvalue weighted by Crippen LogP contribution is -2.56. The van der Waals surface area contributed by atoms with Crippen molar-refractivity contribution in [3.05, 3.63) is 29.3 Å². The molecule has 6 heteroatoms. The molecule has 0 spiro atoms. The number of aryl methyl sites for hydroxylation is 2. The number of rotatable bonds is 6. The van der Waals surface area contributed by atoms with Crippen molar-refractivity contribution in [2.45, 2.75) is 70.6 Å². The van der Waals surface area contributed by atoms with Gasteiger partial charge in [-0.15, -0.1) is 10.2 Å². The van der Waals surface area contributed by atoms with Crippen molar-refractivity contribution in [2.24, 2.45) is 23.2 Å². The molecule has 4 saturated carbocycles. The van der Waals surface area contributed by atoms with Crippen LogP contribution < -0.4 is 5.32 Å². The van der Waals surface area contributed by atoms with Gasteiger partial charge in [0.15, 0.2) is 0 Å². The molecule has 4 fully saturated rings. The Kier molecular flexibility index (Phi) is 5.16. The Morgan fingerprint density at radius 1 is 1.13 bits per heavy atom. The molecular formula is C24H31N3O2S. The van der Waals surface area contributed by atoms with Gasteiger partial charge in [-0.05, 0) is 106 Å². The molecule has 1 N–H and O–H groups in total. The van der Waals surface area contributed by atoms with Crippen molar-refractivity contribution in [1.29, 1.82) is 0 Å². The van der Waals surface area contributed by atoms with Crippen LogP contribution in [0.15, 0.2) is 27.8 Å². The number of nitrogens with one attached hydrogen (secondary N) is 1. The normalized spacial score (nSPS) is 30.4. The van der Waals surface area contributed by atoms with Crippen LogP contribution in [0, 0.1) is 37.0 Å². The molecule has 1 heterocycles. The first-order chi connectivity index (χ1) is 14.4. The fourth-order valence-corrected chi connectivity index (χ4v) is 7.11. The molecule has 4 aliphatic carbocycles. The maximum atomic E-state index is 12.7. The maximum Gasteiger partial charge on any atom is 0.277 e. The van der Waals surface area contributed by atoms with Crippen molar-refractivity contribution in [1.82, 2.24) is 15.5 Å². The minimum Gasteiger partial charge on any atom is -0.411 e. The summed E-state index contributed by atoms with van der Waals surface area (Å²) >= 11 is 1.32. The fraction of sp³-hybridized carbons (Fsp3) is 0.625. The van der Waals surface area contributed by atoms with Gasteiger partial charge < -0.3 is 9.73 Å². The zero-order chi connectivity index (χ0) is 20.9. The molecule has 1 amide bonds. The first-order valence-electron chi connectivity index (χ1n) is 11.2. The van der Waals surface area contributed by atoms with Gasteiger partial charge in [0.1, 0.15) is 0 Å². The summed E-state index contributed by atoms with van der Waals surface area (Å²) in [7, 11) is 0. The van der Waals surface area contributed by atoms with Crippen LogP contribution in [0.1, 0.15) is 56.6 Å². The van der Waals surface area contributed by atoms with E-state index in [1.54, 1.807) is 0 Å². The average molecular weight is 426 g/mol. The second kappa shape index (κ2) is 7.70. The van der Waals surface area contributed by atoms with E-state index < -0.39 is 0 Å². The van der Waals surface area contributed by atoms with E-state index in [4.69, 9.17) is 4.42 Å². The molecule has 1 aromatic carbocycles. The quantitative estimate of drug-likeness (QED) is 0.647. The smallest absolute Gasteiger partial charge is 0.277 e. The predicted molar refractivity (Wildman–Crippen MR) is 118 cm³/mol. The van der Waals surface area contributed by atoms with Gasteiger partial charge in [0, 0.05) is 11.6 Å². The van der Waals surface area contributed by atoms with E-state index >= 15 is 0 Å². The van der Waals surface area contributed by atoms with Crippen LogP contribution >= 0.6 is 11.8 Å². The van der Waals surface area contributed by atoms with Crippen LogP contribution in [0.4, 0.5) is 0 Å². The first-order valence-corrected chi connectivity index (χ1v) is 12.2. The van der Waals surface area contributed by atoms with Gasteiger partial charge in [-0.2, -0.15) is 0 Å². The van der Waals surface area contributed by atoms with E-state index in [9.17, 15) is 4.79 Å². The molecule has 0 radical (unpaired) electrons. The minimum absolute atomic E-state index is 0.0641. The molecule has 5 nitrogen and oxygen atoms in total. The second-order valence-electron chi connectivity index (χ2n) is 10.0. The SMILES string of the molecule is Cc1ccc(-c2nnc(SCC(=O)N[C@@H](C)C34CC5CC(CC(C5)C3)C4)o2)cc1C. The first kappa shape index (κ1) is 20.1. The van der Waals surface area contributed by atoms with Gasteiger partial charge >= 0.3 is 0 Å². The number of hydrogen-bond acceptors (Lipinski definition) is 5. The third kappa shape index (κ3) is 3.79. The lowest BCUT2D eigenvalue weighted by Gasteiger charge is -2.59. The van der Waals surface area contributed by atoms with Crippen LogP contribution in [0.5, 0.6) is 0 Å². The highest BCUT2D eigenvalue weighted by Gasteiger charge is 2.53. The van der Waals surface area contributed by atoms with Gasteiger partial charge in [-0.3, -0.25) is 4.79 Å². The van der Waals surface area contributed by atoms with Crippen LogP contribution in [-0.4, -0.2) is 27.9 Å². The summed E-state index contributed by atoms with van der Waals surface area (Å²) in [5, 5.41) is 12.0. The lowest BCUT2D eigenvalue weighted by molar-refractivity contribution is -0.123. The Labute approximate surface area is 182 Å². The topological polar surface area (TPSA) is 68.0 Å². The summed E-state index contributed by atoms with van der Waals surface area (Å²) in [4.78, 5) is 12.7. The molecule has 6 rings (SSSR count). The summed E-state index contributed by atoms with van der Waals surface area (Å²) < 4.78 is 5.78. The number of aromatic nitrogens is 2. The van der Waals surface area contributed by atoms with E-state index in [2.05, 4.69) is 48.4 Å². The number of amides is 1. The largest absolute Gasteiger partial charge is 0.411 e. The van der Waals surface area contributed by atoms with Crippen molar-refractivity contribution in [2.75, 3.05) is 5.75 Å². The number of thioether (sulfide) groups is 1. The zero-order valence-corrected chi connectivity index (χ0v) is 18.9. The summed E-state index contributed by atoms with van der Waals surface area (Å²) in [5.41, 5.74) is 3.67. The number of nitrogens with zero attached hydrogens (tertiary/aromatic N) is 2. The van der Waals surface area contributed by atoms with Gasteiger partial charge in [-0.25, -0.2) is 0 Å². The van der Waals surface area contributed by atoms with Crippen molar-refractivity contribution in [3.8, 4) is 11.5 Å². The number of hydrogen-bond donors (Lipinski definition) is 1. The highest BCUT2D eigenvalue weighted by Crippen LogP contribution is 2.61. The Morgan fingerprint density at radius 2 is 1.80 bits per heavy atom.